The number of aryl methyl sites for hydroxylation is 2. The number of nitro benzene ring substituents is 1. The number of carbonyl (C=O) groups excluding carboxylic acids is 1. The van der Waals surface area contributed by atoms with Crippen LogP contribution in [0.25, 0.3) is 0 Å². The predicted octanol–water partition coefficient (Wildman–Crippen LogP) is 4.88. The van der Waals surface area contributed by atoms with Crippen LogP contribution in [-0.2, 0) is 11.4 Å². The van der Waals surface area contributed by atoms with Crippen molar-refractivity contribution >= 4 is 41.2 Å². The lowest BCUT2D eigenvalue weighted by atomic mass is 10.2. The second-order valence-electron chi connectivity index (χ2n) is 7.49. The molecule has 1 amide bonds. The molecule has 3 rings (SSSR count). The SMILES string of the molecule is CCOc1cc(/C=N\NC(=O)CSc2nc(C)cc(C)n2)cc(Cl)c1OCc1ccc([N+](=O)[O-])cc1. The van der Waals surface area contributed by atoms with Gasteiger partial charge in [-0.2, -0.15) is 5.10 Å². The Morgan fingerprint density at radius 1 is 1.17 bits per heavy atom. The summed E-state index contributed by atoms with van der Waals surface area (Å²) in [7, 11) is 0. The summed E-state index contributed by atoms with van der Waals surface area (Å²) in [6, 6.07) is 11.2. The molecule has 0 unspecified atom stereocenters. The quantitative estimate of drug-likeness (QED) is 0.122. The zero-order valence-corrected chi connectivity index (χ0v) is 21.4. The highest BCUT2D eigenvalue weighted by Gasteiger charge is 2.13. The molecule has 12 heteroatoms. The number of nitrogens with one attached hydrogen (secondary N) is 1. The summed E-state index contributed by atoms with van der Waals surface area (Å²) in [6.07, 6.45) is 1.45. The molecule has 1 N–H and O–H groups in total. The molecule has 0 spiro atoms. The number of hydrogen-bond acceptors (Lipinski definition) is 9. The minimum atomic E-state index is -0.463. The number of thioether (sulfide) groups is 1. The van der Waals surface area contributed by atoms with Crippen LogP contribution < -0.4 is 14.9 Å². The first-order valence-corrected chi connectivity index (χ1v) is 12.2. The number of nitrogens with zero attached hydrogens (tertiary/aromatic N) is 4. The maximum Gasteiger partial charge on any atom is 0.269 e. The Morgan fingerprint density at radius 3 is 2.50 bits per heavy atom. The maximum atomic E-state index is 12.1. The zero-order chi connectivity index (χ0) is 26.1. The summed E-state index contributed by atoms with van der Waals surface area (Å²) < 4.78 is 11.5. The fraction of sp³-hybridized carbons (Fsp3) is 0.250. The van der Waals surface area contributed by atoms with Gasteiger partial charge in [-0.3, -0.25) is 14.9 Å². The van der Waals surface area contributed by atoms with Crippen molar-refractivity contribution in [2.45, 2.75) is 32.5 Å². The molecule has 0 aliphatic heterocycles. The molecular weight excluding hydrogens is 506 g/mol. The van der Waals surface area contributed by atoms with Gasteiger partial charge in [-0.1, -0.05) is 23.4 Å². The lowest BCUT2D eigenvalue weighted by Crippen LogP contribution is -2.19. The van der Waals surface area contributed by atoms with E-state index in [-0.39, 0.29) is 29.0 Å². The number of aromatic nitrogens is 2. The average molecular weight is 530 g/mol. The number of carbonyl (C=O) groups is 1. The van der Waals surface area contributed by atoms with Gasteiger partial charge >= 0.3 is 0 Å². The van der Waals surface area contributed by atoms with Gasteiger partial charge in [0.25, 0.3) is 11.6 Å². The van der Waals surface area contributed by atoms with Crippen molar-refractivity contribution in [1.82, 2.24) is 15.4 Å². The molecule has 1 aromatic heterocycles. The van der Waals surface area contributed by atoms with E-state index >= 15 is 0 Å². The van der Waals surface area contributed by atoms with Gasteiger partial charge < -0.3 is 9.47 Å². The average Bonchev–Trinajstić information content (AvgIpc) is 2.82. The fourth-order valence-corrected chi connectivity index (χ4v) is 4.05. The second-order valence-corrected chi connectivity index (χ2v) is 8.84. The summed E-state index contributed by atoms with van der Waals surface area (Å²) in [6.45, 7) is 6.09. The van der Waals surface area contributed by atoms with Crippen molar-refractivity contribution < 1.29 is 19.2 Å². The monoisotopic (exact) mass is 529 g/mol. The molecule has 0 bridgehead atoms. The standard InChI is InChI=1S/C24H24ClN5O5S/c1-4-34-21-11-18(12-26-29-22(31)14-36-24-27-15(2)9-16(3)28-24)10-20(25)23(21)35-13-17-5-7-19(8-6-17)30(32)33/h5-12H,4,13-14H2,1-3H3,(H,29,31)/b26-12-. The number of hydrogen-bond donors (Lipinski definition) is 1. The summed E-state index contributed by atoms with van der Waals surface area (Å²) >= 11 is 7.65. The number of nitro groups is 1. The van der Waals surface area contributed by atoms with Crippen LogP contribution in [0.2, 0.25) is 5.02 Å². The van der Waals surface area contributed by atoms with Crippen LogP contribution in [0.3, 0.4) is 0 Å². The van der Waals surface area contributed by atoms with E-state index in [1.165, 1.54) is 30.1 Å². The van der Waals surface area contributed by atoms with Crippen LogP contribution in [-0.4, -0.2) is 39.4 Å². The van der Waals surface area contributed by atoms with Gasteiger partial charge in [0, 0.05) is 23.5 Å². The summed E-state index contributed by atoms with van der Waals surface area (Å²) in [5, 5.41) is 15.6. The largest absolute Gasteiger partial charge is 0.490 e. The van der Waals surface area contributed by atoms with Gasteiger partial charge in [0.1, 0.15) is 6.61 Å². The highest BCUT2D eigenvalue weighted by molar-refractivity contribution is 7.99. The molecule has 1 heterocycles. The van der Waals surface area contributed by atoms with Crippen molar-refractivity contribution in [3.8, 4) is 11.5 Å². The summed E-state index contributed by atoms with van der Waals surface area (Å²) in [5.74, 6) is 0.545. The van der Waals surface area contributed by atoms with Gasteiger partial charge in [-0.25, -0.2) is 15.4 Å². The second kappa shape index (κ2) is 12.8. The molecule has 0 saturated heterocycles. The Bertz CT molecular complexity index is 1250. The number of ether oxygens (including phenoxy) is 2. The van der Waals surface area contributed by atoms with Crippen molar-refractivity contribution in [2.75, 3.05) is 12.4 Å². The number of amides is 1. The molecule has 3 aromatic rings. The number of rotatable bonds is 11. The van der Waals surface area contributed by atoms with Gasteiger partial charge in [0.15, 0.2) is 16.7 Å². The number of halogens is 1. The van der Waals surface area contributed by atoms with E-state index in [0.29, 0.717) is 28.8 Å². The van der Waals surface area contributed by atoms with Crippen LogP contribution in [0.15, 0.2) is 52.7 Å². The smallest absolute Gasteiger partial charge is 0.269 e. The highest BCUT2D eigenvalue weighted by Crippen LogP contribution is 2.37. The van der Waals surface area contributed by atoms with E-state index in [2.05, 4.69) is 20.5 Å². The number of benzene rings is 2. The van der Waals surface area contributed by atoms with Gasteiger partial charge in [0.05, 0.1) is 28.5 Å². The van der Waals surface area contributed by atoms with Crippen molar-refractivity contribution in [1.29, 1.82) is 0 Å². The molecule has 0 aliphatic carbocycles. The van der Waals surface area contributed by atoms with Crippen LogP contribution in [0, 0.1) is 24.0 Å². The maximum absolute atomic E-state index is 12.1. The Kier molecular flexibility index (Phi) is 9.60. The van der Waals surface area contributed by atoms with E-state index < -0.39 is 4.92 Å². The minimum Gasteiger partial charge on any atom is -0.490 e. The van der Waals surface area contributed by atoms with Gasteiger partial charge in [-0.05, 0) is 62.2 Å². The molecule has 0 radical (unpaired) electrons. The zero-order valence-electron chi connectivity index (χ0n) is 19.9. The minimum absolute atomic E-state index is 0.000272. The van der Waals surface area contributed by atoms with Crippen LogP contribution in [0.1, 0.15) is 29.4 Å². The first-order valence-electron chi connectivity index (χ1n) is 10.8. The van der Waals surface area contributed by atoms with Crippen molar-refractivity contribution in [2.24, 2.45) is 5.10 Å². The van der Waals surface area contributed by atoms with E-state index in [1.807, 2.05) is 26.8 Å². The molecule has 0 atom stereocenters. The van der Waals surface area contributed by atoms with Gasteiger partial charge in [-0.15, -0.1) is 0 Å². The molecule has 0 saturated carbocycles. The highest BCUT2D eigenvalue weighted by atomic mass is 35.5. The summed E-state index contributed by atoms with van der Waals surface area (Å²) in [5.41, 5.74) is 5.47. The fourth-order valence-electron chi connectivity index (χ4n) is 3.03. The predicted molar refractivity (Wildman–Crippen MR) is 138 cm³/mol. The lowest BCUT2D eigenvalue weighted by Gasteiger charge is -2.14. The van der Waals surface area contributed by atoms with Crippen LogP contribution in [0.4, 0.5) is 5.69 Å². The van der Waals surface area contributed by atoms with Crippen molar-refractivity contribution in [3.05, 3.63) is 80.1 Å². The third-order valence-electron chi connectivity index (χ3n) is 4.56. The lowest BCUT2D eigenvalue weighted by molar-refractivity contribution is -0.384. The van der Waals surface area contributed by atoms with Crippen molar-refractivity contribution in [3.63, 3.8) is 0 Å². The van der Waals surface area contributed by atoms with E-state index in [0.717, 1.165) is 17.0 Å². The first-order chi connectivity index (χ1) is 17.2. The molecule has 188 valence electrons. The normalized spacial score (nSPS) is 10.9. The van der Waals surface area contributed by atoms with E-state index in [1.54, 1.807) is 24.3 Å². The van der Waals surface area contributed by atoms with E-state index in [9.17, 15) is 14.9 Å². The number of non-ortho nitro benzene ring substituents is 1. The Labute approximate surface area is 217 Å². The number of hydrazone groups is 1. The van der Waals surface area contributed by atoms with Crippen LogP contribution >= 0.6 is 23.4 Å². The molecule has 36 heavy (non-hydrogen) atoms. The third-order valence-corrected chi connectivity index (χ3v) is 5.69. The van der Waals surface area contributed by atoms with Crippen LogP contribution in [0.5, 0.6) is 11.5 Å². The Morgan fingerprint density at radius 2 is 1.86 bits per heavy atom. The van der Waals surface area contributed by atoms with E-state index in [4.69, 9.17) is 21.1 Å². The molecule has 10 nitrogen and oxygen atoms in total. The first kappa shape index (κ1) is 26.9. The molecule has 0 fully saturated rings. The third kappa shape index (κ3) is 7.92. The van der Waals surface area contributed by atoms with Gasteiger partial charge in [0.2, 0.25) is 0 Å². The Hall–Kier alpha value is -3.70. The Balaban J connectivity index is 1.61. The topological polar surface area (TPSA) is 129 Å². The molecule has 2 aromatic carbocycles. The molecule has 0 aliphatic rings. The molecular formula is C24H24ClN5O5S. The summed E-state index contributed by atoms with van der Waals surface area (Å²) in [4.78, 5) is 31.1.